The van der Waals surface area contributed by atoms with E-state index in [1.54, 1.807) is 30.3 Å². The van der Waals surface area contributed by atoms with E-state index in [-0.39, 0.29) is 42.4 Å². The van der Waals surface area contributed by atoms with Gasteiger partial charge in [-0.05, 0) is 54.3 Å². The summed E-state index contributed by atoms with van der Waals surface area (Å²) in [5.41, 5.74) is 2.67. The molecule has 1 unspecified atom stereocenters. The van der Waals surface area contributed by atoms with Gasteiger partial charge >= 0.3 is 5.97 Å². The second-order valence-corrected chi connectivity index (χ2v) is 12.1. The summed E-state index contributed by atoms with van der Waals surface area (Å²) >= 11 is 1.34. The molecule has 2 aromatic carbocycles. The zero-order valence-electron chi connectivity index (χ0n) is 21.1. The number of fused-ring (bicyclic) bond motifs is 1. The highest BCUT2D eigenvalue weighted by atomic mass is 32.2. The fourth-order valence-corrected chi connectivity index (χ4v) is 7.07. The van der Waals surface area contributed by atoms with Crippen molar-refractivity contribution < 1.29 is 22.7 Å². The van der Waals surface area contributed by atoms with Crippen molar-refractivity contribution in [2.75, 3.05) is 13.7 Å². The first-order chi connectivity index (χ1) is 17.8. The third kappa shape index (κ3) is 5.87. The lowest BCUT2D eigenvalue weighted by atomic mass is 9.91. The summed E-state index contributed by atoms with van der Waals surface area (Å²) in [6.07, 6.45) is 1.47. The Hall–Kier alpha value is -3.19. The lowest BCUT2D eigenvalue weighted by Crippen LogP contribution is -2.36. The predicted molar refractivity (Wildman–Crippen MR) is 142 cm³/mol. The summed E-state index contributed by atoms with van der Waals surface area (Å²) in [6.45, 7) is 4.43. The Labute approximate surface area is 222 Å². The molecule has 1 aliphatic rings. The van der Waals surface area contributed by atoms with Gasteiger partial charge in [-0.15, -0.1) is 11.3 Å². The highest BCUT2D eigenvalue weighted by Gasteiger charge is 2.34. The molecule has 0 N–H and O–H groups in total. The number of thiophene rings is 1. The highest BCUT2D eigenvalue weighted by molar-refractivity contribution is 7.89. The van der Waals surface area contributed by atoms with Gasteiger partial charge in [0.25, 0.3) is 0 Å². The molecule has 7 nitrogen and oxygen atoms in total. The molecule has 0 saturated carbocycles. The average molecular weight is 539 g/mol. The number of benzene rings is 2. The van der Waals surface area contributed by atoms with Crippen molar-refractivity contribution in [2.24, 2.45) is 0 Å². The lowest BCUT2D eigenvalue weighted by molar-refractivity contribution is -0.140. The molecule has 2 atom stereocenters. The zero-order chi connectivity index (χ0) is 26.6. The number of nitriles is 1. The van der Waals surface area contributed by atoms with E-state index in [9.17, 15) is 18.5 Å². The number of sulfonamides is 1. The van der Waals surface area contributed by atoms with Gasteiger partial charge in [0.15, 0.2) is 0 Å². The molecule has 0 spiro atoms. The van der Waals surface area contributed by atoms with Gasteiger partial charge in [-0.2, -0.15) is 9.57 Å². The predicted octanol–water partition coefficient (Wildman–Crippen LogP) is 5.38. The van der Waals surface area contributed by atoms with Crippen molar-refractivity contribution in [3.8, 4) is 11.8 Å². The number of ether oxygens (including phenoxy) is 2. The Kier molecular flexibility index (Phi) is 8.32. The zero-order valence-corrected chi connectivity index (χ0v) is 22.8. The van der Waals surface area contributed by atoms with Gasteiger partial charge in [0.05, 0.1) is 20.1 Å². The number of rotatable bonds is 8. The van der Waals surface area contributed by atoms with Crippen LogP contribution in [0.15, 0.2) is 59.5 Å². The van der Waals surface area contributed by atoms with E-state index in [2.05, 4.69) is 13.0 Å². The van der Waals surface area contributed by atoms with E-state index in [1.165, 1.54) is 22.8 Å². The third-order valence-electron chi connectivity index (χ3n) is 6.58. The summed E-state index contributed by atoms with van der Waals surface area (Å²) in [5.74, 6) is -0.278. The SMILES string of the molecule is CCC[C@@H]1CN(Cc2cc(C(CC(=O)OC)c3ccc(C#N)s3)ccc2C)S(=O)(=O)c2ccccc2O1. The molecular formula is C28H30N2O5S2. The van der Waals surface area contributed by atoms with Crippen LogP contribution in [0, 0.1) is 18.3 Å². The molecule has 0 bridgehead atoms. The van der Waals surface area contributed by atoms with Gasteiger partial charge < -0.3 is 9.47 Å². The molecule has 0 aliphatic carbocycles. The molecule has 1 aromatic heterocycles. The summed E-state index contributed by atoms with van der Waals surface area (Å²) < 4.78 is 40.0. The Balaban J connectivity index is 1.72. The molecule has 194 valence electrons. The van der Waals surface area contributed by atoms with E-state index < -0.39 is 10.0 Å². The van der Waals surface area contributed by atoms with Gasteiger partial charge in [0, 0.05) is 17.3 Å². The first-order valence-corrected chi connectivity index (χ1v) is 14.4. The number of carbonyl (C=O) groups is 1. The molecule has 1 aliphatic heterocycles. The van der Waals surface area contributed by atoms with Crippen LogP contribution in [0.25, 0.3) is 0 Å². The van der Waals surface area contributed by atoms with Crippen LogP contribution in [0.2, 0.25) is 0 Å². The minimum atomic E-state index is -3.79. The van der Waals surface area contributed by atoms with E-state index in [4.69, 9.17) is 9.47 Å². The second-order valence-electron chi connectivity index (χ2n) is 9.11. The van der Waals surface area contributed by atoms with Crippen molar-refractivity contribution in [2.45, 2.75) is 56.6 Å². The fraction of sp³-hybridized carbons (Fsp3) is 0.357. The van der Waals surface area contributed by atoms with E-state index in [0.717, 1.165) is 34.4 Å². The molecule has 2 heterocycles. The van der Waals surface area contributed by atoms with Crippen LogP contribution in [-0.2, 0) is 26.1 Å². The number of hydrogen-bond donors (Lipinski definition) is 0. The molecule has 0 saturated heterocycles. The molecule has 0 amide bonds. The maximum absolute atomic E-state index is 13.7. The van der Waals surface area contributed by atoms with Crippen molar-refractivity contribution in [1.82, 2.24) is 4.31 Å². The van der Waals surface area contributed by atoms with Crippen LogP contribution in [-0.4, -0.2) is 38.5 Å². The highest BCUT2D eigenvalue weighted by Crippen LogP contribution is 2.36. The van der Waals surface area contributed by atoms with Crippen molar-refractivity contribution in [1.29, 1.82) is 5.26 Å². The topological polar surface area (TPSA) is 96.7 Å². The standard InChI is InChI=1S/C28H30N2O5S2/c1-4-7-22-18-30(37(32,33)27-9-6-5-8-25(27)35-22)17-21-14-20(11-10-19(21)2)24(15-28(31)34-3)26-13-12-23(16-29)36-26/h5-6,8-14,22,24H,4,7,15,17-18H2,1-3H3/t22-,24?/m1/s1. The first-order valence-electron chi connectivity index (χ1n) is 12.2. The van der Waals surface area contributed by atoms with Crippen LogP contribution >= 0.6 is 11.3 Å². The second kappa shape index (κ2) is 11.5. The Morgan fingerprint density at radius 3 is 2.73 bits per heavy atom. The summed E-state index contributed by atoms with van der Waals surface area (Å²) in [6, 6.07) is 18.4. The van der Waals surface area contributed by atoms with Crippen LogP contribution in [0.4, 0.5) is 0 Å². The quantitative estimate of drug-likeness (QED) is 0.358. The Morgan fingerprint density at radius 1 is 1.24 bits per heavy atom. The molecule has 0 radical (unpaired) electrons. The fourth-order valence-electron chi connectivity index (χ4n) is 4.56. The lowest BCUT2D eigenvalue weighted by Gasteiger charge is -2.24. The Morgan fingerprint density at radius 2 is 2.03 bits per heavy atom. The smallest absolute Gasteiger partial charge is 0.306 e. The van der Waals surface area contributed by atoms with Crippen LogP contribution in [0.3, 0.4) is 0 Å². The van der Waals surface area contributed by atoms with E-state index >= 15 is 0 Å². The monoisotopic (exact) mass is 538 g/mol. The number of methoxy groups -OCH3 is 1. The van der Waals surface area contributed by atoms with Gasteiger partial charge in [0.2, 0.25) is 10.0 Å². The van der Waals surface area contributed by atoms with Crippen molar-refractivity contribution in [3.05, 3.63) is 81.0 Å². The van der Waals surface area contributed by atoms with Gasteiger partial charge in [0.1, 0.15) is 27.7 Å². The number of para-hydroxylation sites is 1. The van der Waals surface area contributed by atoms with Crippen LogP contribution in [0.5, 0.6) is 5.75 Å². The minimum absolute atomic E-state index is 0.117. The maximum Gasteiger partial charge on any atom is 0.306 e. The minimum Gasteiger partial charge on any atom is -0.488 e. The van der Waals surface area contributed by atoms with Crippen LogP contribution < -0.4 is 4.74 Å². The number of nitrogens with zero attached hydrogens (tertiary/aromatic N) is 2. The molecule has 37 heavy (non-hydrogen) atoms. The molecule has 3 aromatic rings. The number of esters is 1. The van der Waals surface area contributed by atoms with Crippen molar-refractivity contribution >= 4 is 27.3 Å². The molecule has 9 heteroatoms. The maximum atomic E-state index is 13.7. The average Bonchev–Trinajstić information content (AvgIpc) is 3.33. The van der Waals surface area contributed by atoms with Crippen molar-refractivity contribution in [3.63, 3.8) is 0 Å². The summed E-state index contributed by atoms with van der Waals surface area (Å²) in [7, 11) is -2.44. The van der Waals surface area contributed by atoms with Gasteiger partial charge in [-0.1, -0.05) is 43.7 Å². The van der Waals surface area contributed by atoms with E-state index in [0.29, 0.717) is 10.6 Å². The normalized spacial score (nSPS) is 17.6. The van der Waals surface area contributed by atoms with Crippen LogP contribution in [0.1, 0.15) is 58.5 Å². The largest absolute Gasteiger partial charge is 0.488 e. The van der Waals surface area contributed by atoms with Gasteiger partial charge in [-0.25, -0.2) is 8.42 Å². The van der Waals surface area contributed by atoms with Gasteiger partial charge in [-0.3, -0.25) is 4.79 Å². The first kappa shape index (κ1) is 26.9. The number of hydrogen-bond acceptors (Lipinski definition) is 7. The van der Waals surface area contributed by atoms with E-state index in [1.807, 2.05) is 31.2 Å². The summed E-state index contributed by atoms with van der Waals surface area (Å²) in [4.78, 5) is 13.9. The summed E-state index contributed by atoms with van der Waals surface area (Å²) in [5, 5.41) is 9.29. The molecular weight excluding hydrogens is 508 g/mol. The Bertz CT molecular complexity index is 1420. The number of aryl methyl sites for hydroxylation is 1. The number of carbonyl (C=O) groups excluding carboxylic acids is 1. The molecule has 0 fully saturated rings. The molecule has 4 rings (SSSR count). The third-order valence-corrected chi connectivity index (χ3v) is 9.53.